The molecule has 0 radical (unpaired) electrons. The molecule has 0 spiro atoms. The molecule has 1 unspecified atom stereocenters. The SMILES string of the molecule is N#Cc1ccc(NC(=O)N2CCOC(c3ccccc3)C2)cc1. The quantitative estimate of drug-likeness (QED) is 0.926. The molecule has 2 aromatic carbocycles. The van der Waals surface area contributed by atoms with E-state index in [1.165, 1.54) is 0 Å². The number of nitriles is 1. The average Bonchev–Trinajstić information content (AvgIpc) is 2.63. The van der Waals surface area contributed by atoms with Crippen LogP contribution in [0.2, 0.25) is 0 Å². The topological polar surface area (TPSA) is 65.4 Å². The van der Waals surface area contributed by atoms with E-state index in [4.69, 9.17) is 10.00 Å². The van der Waals surface area contributed by atoms with E-state index < -0.39 is 0 Å². The highest BCUT2D eigenvalue weighted by atomic mass is 16.5. The van der Waals surface area contributed by atoms with Gasteiger partial charge >= 0.3 is 6.03 Å². The lowest BCUT2D eigenvalue weighted by Gasteiger charge is -2.33. The third-order valence-electron chi connectivity index (χ3n) is 3.79. The van der Waals surface area contributed by atoms with Gasteiger partial charge in [-0.25, -0.2) is 4.79 Å². The van der Waals surface area contributed by atoms with Crippen LogP contribution in [-0.2, 0) is 4.74 Å². The van der Waals surface area contributed by atoms with Gasteiger partial charge in [0.25, 0.3) is 0 Å². The number of ether oxygens (including phenoxy) is 1. The summed E-state index contributed by atoms with van der Waals surface area (Å²) in [7, 11) is 0. The van der Waals surface area contributed by atoms with Gasteiger partial charge in [-0.05, 0) is 29.8 Å². The molecule has 5 heteroatoms. The molecular formula is C18H17N3O2. The maximum absolute atomic E-state index is 12.4. The molecule has 0 aromatic heterocycles. The molecule has 0 saturated carbocycles. The van der Waals surface area contributed by atoms with Crippen molar-refractivity contribution in [3.8, 4) is 6.07 Å². The molecule has 23 heavy (non-hydrogen) atoms. The Hall–Kier alpha value is -2.84. The molecule has 1 saturated heterocycles. The number of carbonyl (C=O) groups is 1. The monoisotopic (exact) mass is 307 g/mol. The fourth-order valence-corrected chi connectivity index (χ4v) is 2.53. The lowest BCUT2D eigenvalue weighted by Crippen LogP contribution is -2.44. The molecule has 1 atom stereocenters. The highest BCUT2D eigenvalue weighted by molar-refractivity contribution is 5.89. The molecule has 2 amide bonds. The van der Waals surface area contributed by atoms with Crippen molar-refractivity contribution in [1.29, 1.82) is 5.26 Å². The number of benzene rings is 2. The Labute approximate surface area is 135 Å². The Morgan fingerprint density at radius 1 is 1.17 bits per heavy atom. The van der Waals surface area contributed by atoms with Crippen LogP contribution in [0.1, 0.15) is 17.2 Å². The average molecular weight is 307 g/mol. The Kier molecular flexibility index (Phi) is 4.55. The molecule has 0 aliphatic carbocycles. The van der Waals surface area contributed by atoms with Gasteiger partial charge in [-0.15, -0.1) is 0 Å². The van der Waals surface area contributed by atoms with Crippen molar-refractivity contribution in [2.24, 2.45) is 0 Å². The smallest absolute Gasteiger partial charge is 0.322 e. The number of urea groups is 1. The van der Waals surface area contributed by atoms with Crippen LogP contribution in [0, 0.1) is 11.3 Å². The van der Waals surface area contributed by atoms with Crippen molar-refractivity contribution >= 4 is 11.7 Å². The first-order valence-electron chi connectivity index (χ1n) is 7.49. The highest BCUT2D eigenvalue weighted by Crippen LogP contribution is 2.22. The lowest BCUT2D eigenvalue weighted by molar-refractivity contribution is -0.0135. The van der Waals surface area contributed by atoms with Crippen LogP contribution < -0.4 is 5.32 Å². The maximum atomic E-state index is 12.4. The van der Waals surface area contributed by atoms with Gasteiger partial charge < -0.3 is 15.0 Å². The number of nitrogens with zero attached hydrogens (tertiary/aromatic N) is 2. The van der Waals surface area contributed by atoms with Crippen LogP contribution in [0.3, 0.4) is 0 Å². The molecule has 1 heterocycles. The number of nitrogens with one attached hydrogen (secondary N) is 1. The second kappa shape index (κ2) is 6.95. The van der Waals surface area contributed by atoms with E-state index in [1.54, 1.807) is 29.2 Å². The molecule has 1 N–H and O–H groups in total. The van der Waals surface area contributed by atoms with Gasteiger partial charge in [-0.3, -0.25) is 0 Å². The van der Waals surface area contributed by atoms with E-state index in [9.17, 15) is 4.79 Å². The number of anilines is 1. The second-order valence-corrected chi connectivity index (χ2v) is 5.34. The van der Waals surface area contributed by atoms with Gasteiger partial charge in [0.05, 0.1) is 24.8 Å². The van der Waals surface area contributed by atoms with Gasteiger partial charge in [-0.2, -0.15) is 5.26 Å². The summed E-state index contributed by atoms with van der Waals surface area (Å²) in [5.74, 6) is 0. The van der Waals surface area contributed by atoms with Crippen LogP contribution in [0.4, 0.5) is 10.5 Å². The van der Waals surface area contributed by atoms with Crippen molar-refractivity contribution in [3.05, 3.63) is 65.7 Å². The minimum atomic E-state index is -0.154. The summed E-state index contributed by atoms with van der Waals surface area (Å²) in [6.07, 6.45) is -0.100. The summed E-state index contributed by atoms with van der Waals surface area (Å²) in [5.41, 5.74) is 2.32. The zero-order chi connectivity index (χ0) is 16.1. The summed E-state index contributed by atoms with van der Waals surface area (Å²) >= 11 is 0. The first-order valence-corrected chi connectivity index (χ1v) is 7.49. The van der Waals surface area contributed by atoms with E-state index in [-0.39, 0.29) is 12.1 Å². The first kappa shape index (κ1) is 15.1. The summed E-state index contributed by atoms with van der Waals surface area (Å²) in [6.45, 7) is 1.60. The predicted molar refractivity (Wildman–Crippen MR) is 86.9 cm³/mol. The molecule has 3 rings (SSSR count). The Bertz CT molecular complexity index is 707. The number of rotatable bonds is 2. The van der Waals surface area contributed by atoms with Crippen molar-refractivity contribution in [3.63, 3.8) is 0 Å². The first-order chi connectivity index (χ1) is 11.3. The number of hydrogen-bond acceptors (Lipinski definition) is 3. The van der Waals surface area contributed by atoms with Crippen molar-refractivity contribution in [2.75, 3.05) is 25.0 Å². The van der Waals surface area contributed by atoms with Crippen molar-refractivity contribution in [1.82, 2.24) is 4.90 Å². The number of carbonyl (C=O) groups excluding carboxylic acids is 1. The van der Waals surface area contributed by atoms with Crippen molar-refractivity contribution in [2.45, 2.75) is 6.10 Å². The van der Waals surface area contributed by atoms with Gasteiger partial charge in [0, 0.05) is 12.2 Å². The van der Waals surface area contributed by atoms with Crippen LogP contribution >= 0.6 is 0 Å². The minimum absolute atomic E-state index is 0.100. The van der Waals surface area contributed by atoms with Crippen LogP contribution in [0.15, 0.2) is 54.6 Å². The molecular weight excluding hydrogens is 290 g/mol. The molecule has 116 valence electrons. The van der Waals surface area contributed by atoms with E-state index in [0.29, 0.717) is 30.9 Å². The van der Waals surface area contributed by atoms with Crippen molar-refractivity contribution < 1.29 is 9.53 Å². The number of amides is 2. The largest absolute Gasteiger partial charge is 0.370 e. The fourth-order valence-electron chi connectivity index (χ4n) is 2.53. The minimum Gasteiger partial charge on any atom is -0.370 e. The summed E-state index contributed by atoms with van der Waals surface area (Å²) in [4.78, 5) is 14.1. The molecule has 0 bridgehead atoms. The Morgan fingerprint density at radius 3 is 2.61 bits per heavy atom. The zero-order valence-corrected chi connectivity index (χ0v) is 12.6. The van der Waals surface area contributed by atoms with Gasteiger partial charge in [-0.1, -0.05) is 30.3 Å². The Balaban J connectivity index is 1.64. The third-order valence-corrected chi connectivity index (χ3v) is 3.79. The Morgan fingerprint density at radius 2 is 1.91 bits per heavy atom. The van der Waals surface area contributed by atoms with Crippen LogP contribution in [-0.4, -0.2) is 30.6 Å². The lowest BCUT2D eigenvalue weighted by atomic mass is 10.1. The van der Waals surface area contributed by atoms with Crippen LogP contribution in [0.5, 0.6) is 0 Å². The number of morpholine rings is 1. The molecule has 1 aliphatic rings. The third kappa shape index (κ3) is 3.68. The standard InChI is InChI=1S/C18H17N3O2/c19-12-14-6-8-16(9-7-14)20-18(22)21-10-11-23-17(13-21)15-4-2-1-3-5-15/h1-9,17H,10-11,13H2,(H,20,22). The summed E-state index contributed by atoms with van der Waals surface area (Å²) in [5, 5.41) is 11.6. The molecule has 2 aromatic rings. The van der Waals surface area contributed by atoms with Gasteiger partial charge in [0.15, 0.2) is 0 Å². The second-order valence-electron chi connectivity index (χ2n) is 5.34. The van der Waals surface area contributed by atoms with Gasteiger partial charge in [0.1, 0.15) is 6.10 Å². The van der Waals surface area contributed by atoms with E-state index in [2.05, 4.69) is 11.4 Å². The highest BCUT2D eigenvalue weighted by Gasteiger charge is 2.25. The molecule has 1 aliphatic heterocycles. The van der Waals surface area contributed by atoms with E-state index in [1.807, 2.05) is 30.3 Å². The normalized spacial score (nSPS) is 17.3. The number of hydrogen-bond donors (Lipinski definition) is 1. The molecule has 1 fully saturated rings. The predicted octanol–water partition coefficient (Wildman–Crippen LogP) is 3.16. The van der Waals surface area contributed by atoms with Gasteiger partial charge in [0.2, 0.25) is 0 Å². The molecule has 5 nitrogen and oxygen atoms in total. The van der Waals surface area contributed by atoms with E-state index >= 15 is 0 Å². The fraction of sp³-hybridized carbons (Fsp3) is 0.222. The zero-order valence-electron chi connectivity index (χ0n) is 12.6. The summed E-state index contributed by atoms with van der Waals surface area (Å²) in [6, 6.07) is 18.6. The van der Waals surface area contributed by atoms with E-state index in [0.717, 1.165) is 5.56 Å². The van der Waals surface area contributed by atoms with Crippen LogP contribution in [0.25, 0.3) is 0 Å². The summed E-state index contributed by atoms with van der Waals surface area (Å²) < 4.78 is 5.77. The maximum Gasteiger partial charge on any atom is 0.322 e.